The number of rotatable bonds is 6. The van der Waals surface area contributed by atoms with Crippen molar-refractivity contribution in [3.05, 3.63) is 29.8 Å². The van der Waals surface area contributed by atoms with Crippen LogP contribution in [-0.4, -0.2) is 17.7 Å². The summed E-state index contributed by atoms with van der Waals surface area (Å²) in [5, 5.41) is 12.4. The van der Waals surface area contributed by atoms with Crippen LogP contribution in [0, 0.1) is 23.0 Å². The first-order valence-corrected chi connectivity index (χ1v) is 6.56. The van der Waals surface area contributed by atoms with Crippen molar-refractivity contribution < 1.29 is 13.5 Å². The number of benzene rings is 1. The van der Waals surface area contributed by atoms with Crippen LogP contribution in [0.15, 0.2) is 18.2 Å². The molecule has 0 saturated carbocycles. The molecule has 0 aromatic heterocycles. The molecule has 0 aliphatic carbocycles. The number of ether oxygens (including phenoxy) is 1. The summed E-state index contributed by atoms with van der Waals surface area (Å²) < 4.78 is 31.4. The number of nitrogens with zero attached hydrogens (tertiary/aromatic N) is 1. The number of nitriles is 1. The zero-order chi connectivity index (χ0) is 15.3. The van der Waals surface area contributed by atoms with Gasteiger partial charge in [0.25, 0.3) is 0 Å². The maximum Gasteiger partial charge on any atom is 0.162 e. The van der Waals surface area contributed by atoms with Gasteiger partial charge in [0.1, 0.15) is 11.3 Å². The van der Waals surface area contributed by atoms with E-state index in [1.54, 1.807) is 13.8 Å². The molecule has 110 valence electrons. The highest BCUT2D eigenvalue weighted by molar-refractivity contribution is 5.24. The number of hydrogen-bond acceptors (Lipinski definition) is 3. The van der Waals surface area contributed by atoms with E-state index >= 15 is 0 Å². The number of halogens is 2. The van der Waals surface area contributed by atoms with E-state index in [0.717, 1.165) is 12.1 Å². The minimum atomic E-state index is -0.946. The van der Waals surface area contributed by atoms with Crippen LogP contribution >= 0.6 is 0 Å². The Labute approximate surface area is 118 Å². The van der Waals surface area contributed by atoms with Gasteiger partial charge in [0.05, 0.1) is 12.2 Å². The highest BCUT2D eigenvalue weighted by atomic mass is 19.2. The van der Waals surface area contributed by atoms with E-state index in [-0.39, 0.29) is 17.9 Å². The molecule has 0 aliphatic rings. The lowest BCUT2D eigenvalue weighted by molar-refractivity contribution is 0.175. The van der Waals surface area contributed by atoms with Crippen LogP contribution in [-0.2, 0) is 0 Å². The van der Waals surface area contributed by atoms with Gasteiger partial charge in [0, 0.05) is 18.5 Å². The molecule has 20 heavy (non-hydrogen) atoms. The normalized spacial score (nSPS) is 15.5. The largest absolute Gasteiger partial charge is 0.491 e. The Morgan fingerprint density at radius 3 is 2.45 bits per heavy atom. The van der Waals surface area contributed by atoms with E-state index in [4.69, 9.17) is 4.74 Å². The summed E-state index contributed by atoms with van der Waals surface area (Å²) in [6.45, 7) is 7.49. The van der Waals surface area contributed by atoms with Gasteiger partial charge in [-0.2, -0.15) is 5.26 Å². The van der Waals surface area contributed by atoms with Crippen molar-refractivity contribution in [3.8, 4) is 11.8 Å². The Bertz CT molecular complexity index is 499. The predicted molar refractivity (Wildman–Crippen MR) is 73.4 cm³/mol. The van der Waals surface area contributed by atoms with Gasteiger partial charge >= 0.3 is 0 Å². The molecule has 0 radical (unpaired) electrons. The smallest absolute Gasteiger partial charge is 0.162 e. The molecule has 1 N–H and O–H groups in total. The fourth-order valence-electron chi connectivity index (χ4n) is 2.17. The van der Waals surface area contributed by atoms with Gasteiger partial charge in [-0.05, 0) is 39.8 Å². The van der Waals surface area contributed by atoms with Crippen molar-refractivity contribution in [2.45, 2.75) is 51.8 Å². The summed E-state index contributed by atoms with van der Waals surface area (Å²) in [5.74, 6) is -1.60. The lowest BCUT2D eigenvalue weighted by Crippen LogP contribution is -2.47. The molecule has 1 aromatic carbocycles. The van der Waals surface area contributed by atoms with Crippen LogP contribution in [0.2, 0.25) is 0 Å². The van der Waals surface area contributed by atoms with Gasteiger partial charge in [0.2, 0.25) is 0 Å². The second kappa shape index (κ2) is 6.67. The molecule has 2 unspecified atom stereocenters. The Morgan fingerprint density at radius 1 is 1.30 bits per heavy atom. The Hall–Kier alpha value is -1.67. The van der Waals surface area contributed by atoms with Crippen molar-refractivity contribution in [1.29, 1.82) is 5.26 Å². The second-order valence-electron chi connectivity index (χ2n) is 5.45. The third kappa shape index (κ3) is 4.78. The summed E-state index contributed by atoms with van der Waals surface area (Å²) in [6.07, 6.45) is 0.122. The molecule has 3 nitrogen and oxygen atoms in total. The first kappa shape index (κ1) is 16.4. The summed E-state index contributed by atoms with van der Waals surface area (Å²) in [7, 11) is 0. The van der Waals surface area contributed by atoms with Crippen LogP contribution in [0.1, 0.15) is 34.1 Å². The van der Waals surface area contributed by atoms with Crippen molar-refractivity contribution in [2.75, 3.05) is 0 Å². The summed E-state index contributed by atoms with van der Waals surface area (Å²) in [6, 6.07) is 5.78. The molecular formula is C15H20F2N2O. The molecule has 0 saturated heterocycles. The van der Waals surface area contributed by atoms with Crippen LogP contribution in [0.5, 0.6) is 5.75 Å². The van der Waals surface area contributed by atoms with Crippen molar-refractivity contribution in [3.63, 3.8) is 0 Å². The van der Waals surface area contributed by atoms with Gasteiger partial charge in [-0.25, -0.2) is 8.78 Å². The SMILES string of the molecule is CC(C)NC(C)(C#N)CC(C)Oc1ccc(F)c(F)c1. The Kier molecular flexibility index (Phi) is 5.46. The molecule has 2 atom stereocenters. The summed E-state index contributed by atoms with van der Waals surface area (Å²) >= 11 is 0. The zero-order valence-electron chi connectivity index (χ0n) is 12.2. The van der Waals surface area contributed by atoms with E-state index in [1.165, 1.54) is 6.07 Å². The van der Waals surface area contributed by atoms with Crippen molar-refractivity contribution in [1.82, 2.24) is 5.32 Å². The maximum absolute atomic E-state index is 13.1. The molecule has 5 heteroatoms. The molecule has 0 amide bonds. The Balaban J connectivity index is 2.69. The van der Waals surface area contributed by atoms with Crippen molar-refractivity contribution >= 4 is 0 Å². The fraction of sp³-hybridized carbons (Fsp3) is 0.533. The minimum Gasteiger partial charge on any atom is -0.491 e. The fourth-order valence-corrected chi connectivity index (χ4v) is 2.17. The molecule has 1 rings (SSSR count). The maximum atomic E-state index is 13.1. The van der Waals surface area contributed by atoms with E-state index in [0.29, 0.717) is 6.42 Å². The highest BCUT2D eigenvalue weighted by Gasteiger charge is 2.27. The first-order valence-electron chi connectivity index (χ1n) is 6.56. The van der Waals surface area contributed by atoms with Crippen LogP contribution in [0.3, 0.4) is 0 Å². The first-order chi connectivity index (χ1) is 9.25. The van der Waals surface area contributed by atoms with Crippen LogP contribution in [0.25, 0.3) is 0 Å². The van der Waals surface area contributed by atoms with E-state index < -0.39 is 17.2 Å². The van der Waals surface area contributed by atoms with E-state index in [1.807, 2.05) is 13.8 Å². The summed E-state index contributed by atoms with van der Waals surface area (Å²) in [5.41, 5.74) is -0.730. The third-order valence-corrected chi connectivity index (χ3v) is 2.78. The molecule has 0 spiro atoms. The topological polar surface area (TPSA) is 45.0 Å². The molecule has 0 fully saturated rings. The van der Waals surface area contributed by atoms with Gasteiger partial charge < -0.3 is 4.74 Å². The van der Waals surface area contributed by atoms with E-state index in [2.05, 4.69) is 11.4 Å². The van der Waals surface area contributed by atoms with E-state index in [9.17, 15) is 14.0 Å². The zero-order valence-corrected chi connectivity index (χ0v) is 12.2. The standard InChI is InChI=1S/C15H20F2N2O/c1-10(2)19-15(4,9-18)8-11(3)20-12-5-6-13(16)14(17)7-12/h5-7,10-11,19H,8H2,1-4H3. The quantitative estimate of drug-likeness (QED) is 0.869. The predicted octanol–water partition coefficient (Wildman–Crippen LogP) is 3.40. The van der Waals surface area contributed by atoms with Gasteiger partial charge in [-0.15, -0.1) is 0 Å². The highest BCUT2D eigenvalue weighted by Crippen LogP contribution is 2.20. The monoisotopic (exact) mass is 282 g/mol. The minimum absolute atomic E-state index is 0.162. The van der Waals surface area contributed by atoms with Crippen LogP contribution in [0.4, 0.5) is 8.78 Å². The Morgan fingerprint density at radius 2 is 1.95 bits per heavy atom. The number of nitrogens with one attached hydrogen (secondary N) is 1. The van der Waals surface area contributed by atoms with Gasteiger partial charge in [-0.3, -0.25) is 5.32 Å². The van der Waals surface area contributed by atoms with Crippen molar-refractivity contribution in [2.24, 2.45) is 0 Å². The molecule has 0 heterocycles. The average Bonchev–Trinajstić information content (AvgIpc) is 2.32. The summed E-state index contributed by atoms with van der Waals surface area (Å²) in [4.78, 5) is 0. The van der Waals surface area contributed by atoms with Gasteiger partial charge in [-0.1, -0.05) is 0 Å². The lowest BCUT2D eigenvalue weighted by atomic mass is 9.95. The molecular weight excluding hydrogens is 262 g/mol. The molecule has 1 aromatic rings. The van der Waals surface area contributed by atoms with Crippen LogP contribution < -0.4 is 10.1 Å². The lowest BCUT2D eigenvalue weighted by Gasteiger charge is -2.29. The molecule has 0 aliphatic heterocycles. The molecule has 0 bridgehead atoms. The number of hydrogen-bond donors (Lipinski definition) is 1. The average molecular weight is 282 g/mol. The third-order valence-electron chi connectivity index (χ3n) is 2.78. The van der Waals surface area contributed by atoms with Gasteiger partial charge in [0.15, 0.2) is 11.6 Å². The second-order valence-corrected chi connectivity index (χ2v) is 5.45.